The van der Waals surface area contributed by atoms with Crippen LogP contribution in [0.15, 0.2) is 18.3 Å². The van der Waals surface area contributed by atoms with Crippen LogP contribution < -0.4 is 5.32 Å². The predicted octanol–water partition coefficient (Wildman–Crippen LogP) is 2.60. The molecule has 2 atom stereocenters. The fraction of sp³-hybridized carbons (Fsp3) is 0.643. The standard InChI is InChI=1S/C14H23N3/c1-11-6-12(2)9-17(8-11)10-14-7-13(15-3)4-5-16-14/h4-5,7,11-12H,6,8-10H2,1-3H3,(H,15,16). The van der Waals surface area contributed by atoms with Crippen LogP contribution in [0.25, 0.3) is 0 Å². The van der Waals surface area contributed by atoms with E-state index in [1.807, 2.05) is 19.3 Å². The normalized spacial score (nSPS) is 25.8. The number of anilines is 1. The summed E-state index contributed by atoms with van der Waals surface area (Å²) < 4.78 is 0. The first-order valence-electron chi connectivity index (χ1n) is 6.52. The van der Waals surface area contributed by atoms with Gasteiger partial charge in [-0.25, -0.2) is 0 Å². The van der Waals surface area contributed by atoms with Gasteiger partial charge < -0.3 is 5.32 Å². The van der Waals surface area contributed by atoms with Crippen molar-refractivity contribution < 1.29 is 0 Å². The van der Waals surface area contributed by atoms with E-state index in [0.29, 0.717) is 0 Å². The maximum absolute atomic E-state index is 4.45. The quantitative estimate of drug-likeness (QED) is 0.870. The molecule has 0 spiro atoms. The Morgan fingerprint density at radius 1 is 1.35 bits per heavy atom. The zero-order chi connectivity index (χ0) is 12.3. The third-order valence-corrected chi connectivity index (χ3v) is 3.44. The molecule has 0 aromatic carbocycles. The molecule has 2 unspecified atom stereocenters. The second kappa shape index (κ2) is 5.50. The Balaban J connectivity index is 1.99. The molecule has 2 heterocycles. The van der Waals surface area contributed by atoms with Crippen molar-refractivity contribution in [3.63, 3.8) is 0 Å². The van der Waals surface area contributed by atoms with Crippen LogP contribution in [0.2, 0.25) is 0 Å². The summed E-state index contributed by atoms with van der Waals surface area (Å²) in [6.45, 7) is 8.08. The Morgan fingerprint density at radius 3 is 2.71 bits per heavy atom. The number of nitrogens with zero attached hydrogens (tertiary/aromatic N) is 2. The third-order valence-electron chi connectivity index (χ3n) is 3.44. The smallest absolute Gasteiger partial charge is 0.0564 e. The molecular weight excluding hydrogens is 210 g/mol. The lowest BCUT2D eigenvalue weighted by atomic mass is 9.92. The fourth-order valence-electron chi connectivity index (χ4n) is 2.87. The van der Waals surface area contributed by atoms with Gasteiger partial charge in [-0.05, 0) is 30.4 Å². The topological polar surface area (TPSA) is 28.2 Å². The van der Waals surface area contributed by atoms with Gasteiger partial charge in [-0.15, -0.1) is 0 Å². The number of hydrogen-bond donors (Lipinski definition) is 1. The summed E-state index contributed by atoms with van der Waals surface area (Å²) in [5.74, 6) is 1.62. The SMILES string of the molecule is CNc1ccnc(CN2CC(C)CC(C)C2)c1. The van der Waals surface area contributed by atoms with Crippen LogP contribution in [-0.4, -0.2) is 30.0 Å². The average molecular weight is 233 g/mol. The van der Waals surface area contributed by atoms with Crippen molar-refractivity contribution >= 4 is 5.69 Å². The summed E-state index contributed by atoms with van der Waals surface area (Å²) >= 11 is 0. The molecule has 94 valence electrons. The average Bonchev–Trinajstić information content (AvgIpc) is 2.28. The summed E-state index contributed by atoms with van der Waals surface area (Å²) in [7, 11) is 1.95. The summed E-state index contributed by atoms with van der Waals surface area (Å²) in [5, 5.41) is 3.16. The highest BCUT2D eigenvalue weighted by Crippen LogP contribution is 2.22. The number of rotatable bonds is 3. The molecule has 17 heavy (non-hydrogen) atoms. The van der Waals surface area contributed by atoms with Gasteiger partial charge in [0.1, 0.15) is 0 Å². The van der Waals surface area contributed by atoms with Gasteiger partial charge in [0.15, 0.2) is 0 Å². The number of nitrogens with one attached hydrogen (secondary N) is 1. The van der Waals surface area contributed by atoms with E-state index in [2.05, 4.69) is 35.1 Å². The Kier molecular flexibility index (Phi) is 4.00. The molecule has 1 aliphatic rings. The summed E-state index contributed by atoms with van der Waals surface area (Å²) in [6, 6.07) is 4.15. The van der Waals surface area contributed by atoms with Gasteiger partial charge >= 0.3 is 0 Å². The lowest BCUT2D eigenvalue weighted by Crippen LogP contribution is -2.38. The molecule has 1 saturated heterocycles. The number of piperidine rings is 1. The van der Waals surface area contributed by atoms with Gasteiger partial charge in [0.05, 0.1) is 5.69 Å². The van der Waals surface area contributed by atoms with Crippen LogP contribution >= 0.6 is 0 Å². The molecule has 0 radical (unpaired) electrons. The van der Waals surface area contributed by atoms with Crippen LogP contribution in [0.4, 0.5) is 5.69 Å². The number of pyridine rings is 1. The Bertz CT molecular complexity index is 354. The van der Waals surface area contributed by atoms with Gasteiger partial charge in [0.2, 0.25) is 0 Å². The Morgan fingerprint density at radius 2 is 2.06 bits per heavy atom. The van der Waals surface area contributed by atoms with Crippen LogP contribution in [0.5, 0.6) is 0 Å². The van der Waals surface area contributed by atoms with Crippen molar-refractivity contribution in [3.05, 3.63) is 24.0 Å². The van der Waals surface area contributed by atoms with Gasteiger partial charge in [-0.2, -0.15) is 0 Å². The van der Waals surface area contributed by atoms with E-state index in [1.54, 1.807) is 0 Å². The van der Waals surface area contributed by atoms with Gasteiger partial charge in [0.25, 0.3) is 0 Å². The minimum absolute atomic E-state index is 0.811. The maximum atomic E-state index is 4.45. The highest BCUT2D eigenvalue weighted by atomic mass is 15.1. The van der Waals surface area contributed by atoms with Gasteiger partial charge in [-0.1, -0.05) is 13.8 Å². The molecule has 1 aromatic rings. The second-order valence-corrected chi connectivity index (χ2v) is 5.43. The van der Waals surface area contributed by atoms with E-state index < -0.39 is 0 Å². The lowest BCUT2D eigenvalue weighted by Gasteiger charge is -2.34. The van der Waals surface area contributed by atoms with Crippen LogP contribution in [0.3, 0.4) is 0 Å². The first kappa shape index (κ1) is 12.4. The Hall–Kier alpha value is -1.09. The zero-order valence-corrected chi connectivity index (χ0v) is 11.1. The summed E-state index contributed by atoms with van der Waals surface area (Å²) in [4.78, 5) is 6.98. The summed E-state index contributed by atoms with van der Waals surface area (Å²) in [6.07, 6.45) is 3.25. The third kappa shape index (κ3) is 3.43. The fourth-order valence-corrected chi connectivity index (χ4v) is 2.87. The predicted molar refractivity (Wildman–Crippen MR) is 72.0 cm³/mol. The van der Waals surface area contributed by atoms with Crippen LogP contribution in [0, 0.1) is 11.8 Å². The molecule has 3 heteroatoms. The molecule has 1 fully saturated rings. The first-order chi connectivity index (χ1) is 8.17. The highest BCUT2D eigenvalue weighted by Gasteiger charge is 2.21. The van der Waals surface area contributed by atoms with Crippen molar-refractivity contribution in [2.24, 2.45) is 11.8 Å². The zero-order valence-electron chi connectivity index (χ0n) is 11.1. The minimum atomic E-state index is 0.811. The molecular formula is C14H23N3. The van der Waals surface area contributed by atoms with Crippen LogP contribution in [0.1, 0.15) is 26.0 Å². The lowest BCUT2D eigenvalue weighted by molar-refractivity contribution is 0.133. The summed E-state index contributed by atoms with van der Waals surface area (Å²) in [5.41, 5.74) is 2.31. The minimum Gasteiger partial charge on any atom is -0.388 e. The molecule has 0 saturated carbocycles. The number of aromatic nitrogens is 1. The monoisotopic (exact) mass is 233 g/mol. The van der Waals surface area contributed by atoms with Crippen LogP contribution in [-0.2, 0) is 6.54 Å². The van der Waals surface area contributed by atoms with Gasteiger partial charge in [-0.3, -0.25) is 9.88 Å². The second-order valence-electron chi connectivity index (χ2n) is 5.43. The first-order valence-corrected chi connectivity index (χ1v) is 6.52. The number of likely N-dealkylation sites (tertiary alicyclic amines) is 1. The van der Waals surface area contributed by atoms with E-state index in [4.69, 9.17) is 0 Å². The van der Waals surface area contributed by atoms with E-state index in [9.17, 15) is 0 Å². The molecule has 1 aliphatic heterocycles. The van der Waals surface area contributed by atoms with Crippen molar-refractivity contribution in [1.29, 1.82) is 0 Å². The van der Waals surface area contributed by atoms with E-state index in [-0.39, 0.29) is 0 Å². The molecule has 0 bridgehead atoms. The molecule has 1 aromatic heterocycles. The molecule has 0 aliphatic carbocycles. The van der Waals surface area contributed by atoms with Gasteiger partial charge in [0, 0.05) is 38.6 Å². The molecule has 3 nitrogen and oxygen atoms in total. The van der Waals surface area contributed by atoms with E-state index in [0.717, 1.165) is 29.8 Å². The Labute approximate surface area is 104 Å². The largest absolute Gasteiger partial charge is 0.388 e. The van der Waals surface area contributed by atoms with E-state index in [1.165, 1.54) is 19.5 Å². The maximum Gasteiger partial charge on any atom is 0.0564 e. The molecule has 2 rings (SSSR count). The molecule has 1 N–H and O–H groups in total. The van der Waals surface area contributed by atoms with Crippen molar-refractivity contribution in [3.8, 4) is 0 Å². The van der Waals surface area contributed by atoms with Crippen molar-refractivity contribution in [2.45, 2.75) is 26.8 Å². The van der Waals surface area contributed by atoms with E-state index >= 15 is 0 Å². The van der Waals surface area contributed by atoms with Crippen molar-refractivity contribution in [2.75, 3.05) is 25.5 Å². The highest BCUT2D eigenvalue weighted by molar-refractivity contribution is 5.42. The van der Waals surface area contributed by atoms with Crippen molar-refractivity contribution in [1.82, 2.24) is 9.88 Å². The number of hydrogen-bond acceptors (Lipinski definition) is 3. The molecule has 0 amide bonds.